The van der Waals surface area contributed by atoms with Gasteiger partial charge in [-0.25, -0.2) is 0 Å². The summed E-state index contributed by atoms with van der Waals surface area (Å²) in [4.78, 5) is 6.23. The van der Waals surface area contributed by atoms with Crippen LogP contribution in [-0.4, -0.2) is 30.5 Å². The third kappa shape index (κ3) is 1.62. The Morgan fingerprint density at radius 3 is 3.00 bits per heavy atom. The molecule has 2 N–H and O–H groups in total. The molecule has 1 aliphatic heterocycles. The van der Waals surface area contributed by atoms with Crippen LogP contribution in [0.15, 0.2) is 4.99 Å². The molecule has 0 amide bonds. The van der Waals surface area contributed by atoms with Crippen LogP contribution in [0, 0.1) is 0 Å². The van der Waals surface area contributed by atoms with Crippen molar-refractivity contribution in [2.24, 2.45) is 10.7 Å². The minimum Gasteiger partial charge on any atom is -0.370 e. The second kappa shape index (κ2) is 3.44. The van der Waals surface area contributed by atoms with E-state index < -0.39 is 0 Å². The van der Waals surface area contributed by atoms with Crippen LogP contribution in [0.2, 0.25) is 0 Å². The zero-order valence-electron chi connectivity index (χ0n) is 6.51. The molecule has 1 rings (SSSR count). The summed E-state index contributed by atoms with van der Waals surface area (Å²) in [6.07, 6.45) is 2.44. The monoisotopic (exact) mass is 141 g/mol. The van der Waals surface area contributed by atoms with Gasteiger partial charge < -0.3 is 10.6 Å². The quantitative estimate of drug-likeness (QED) is 0.618. The second-order valence-corrected chi connectivity index (χ2v) is 2.58. The van der Waals surface area contributed by atoms with Gasteiger partial charge in [0.1, 0.15) is 0 Å². The zero-order chi connectivity index (χ0) is 7.40. The smallest absolute Gasteiger partial charge is 0.191 e. The Balaban J connectivity index is 2.22. The van der Waals surface area contributed by atoms with Gasteiger partial charge >= 0.3 is 0 Å². The van der Waals surface area contributed by atoms with Gasteiger partial charge in [-0.3, -0.25) is 4.99 Å². The van der Waals surface area contributed by atoms with Crippen molar-refractivity contribution >= 4 is 5.96 Å². The van der Waals surface area contributed by atoms with Crippen LogP contribution in [0.3, 0.4) is 0 Å². The predicted molar refractivity (Wildman–Crippen MR) is 43.0 cm³/mol. The summed E-state index contributed by atoms with van der Waals surface area (Å²) < 4.78 is 0. The van der Waals surface area contributed by atoms with Gasteiger partial charge in [-0.2, -0.15) is 0 Å². The van der Waals surface area contributed by atoms with Crippen molar-refractivity contribution in [1.29, 1.82) is 0 Å². The van der Waals surface area contributed by atoms with E-state index in [4.69, 9.17) is 5.73 Å². The van der Waals surface area contributed by atoms with E-state index in [2.05, 4.69) is 16.8 Å². The van der Waals surface area contributed by atoms with E-state index in [1.807, 2.05) is 0 Å². The Hall–Kier alpha value is -0.730. The molecule has 0 aromatic rings. The Morgan fingerprint density at radius 2 is 2.50 bits per heavy atom. The van der Waals surface area contributed by atoms with Crippen molar-refractivity contribution in [3.8, 4) is 0 Å². The van der Waals surface area contributed by atoms with Gasteiger partial charge in [-0.1, -0.05) is 13.3 Å². The van der Waals surface area contributed by atoms with Crippen LogP contribution >= 0.6 is 0 Å². The molecule has 0 atom stereocenters. The van der Waals surface area contributed by atoms with E-state index in [9.17, 15) is 0 Å². The van der Waals surface area contributed by atoms with Gasteiger partial charge in [0, 0.05) is 13.1 Å². The van der Waals surface area contributed by atoms with Crippen LogP contribution in [0.1, 0.15) is 19.8 Å². The molecule has 0 unspecified atom stereocenters. The van der Waals surface area contributed by atoms with Gasteiger partial charge in [0.05, 0.1) is 6.54 Å². The van der Waals surface area contributed by atoms with Crippen molar-refractivity contribution in [3.05, 3.63) is 0 Å². The summed E-state index contributed by atoms with van der Waals surface area (Å²) in [7, 11) is 0. The summed E-state index contributed by atoms with van der Waals surface area (Å²) in [5, 5.41) is 0. The van der Waals surface area contributed by atoms with Crippen molar-refractivity contribution in [2.45, 2.75) is 19.8 Å². The highest BCUT2D eigenvalue weighted by atomic mass is 15.3. The highest BCUT2D eigenvalue weighted by Gasteiger charge is 2.11. The lowest BCUT2D eigenvalue weighted by atomic mass is 10.3. The standard InChI is InChI=1S/C7H15N3/c1-2-3-5-10-6-4-9-7(10)8/h2-6H2,1H3,(H2,8,9). The highest BCUT2D eigenvalue weighted by molar-refractivity contribution is 5.79. The fourth-order valence-corrected chi connectivity index (χ4v) is 1.08. The molecular formula is C7H15N3. The molecule has 58 valence electrons. The number of aliphatic imine (C=N–C) groups is 1. The first-order valence-electron chi connectivity index (χ1n) is 3.89. The van der Waals surface area contributed by atoms with Crippen molar-refractivity contribution in [2.75, 3.05) is 19.6 Å². The molecule has 0 aromatic heterocycles. The van der Waals surface area contributed by atoms with E-state index in [0.717, 1.165) is 25.6 Å². The number of nitrogens with zero attached hydrogens (tertiary/aromatic N) is 2. The van der Waals surface area contributed by atoms with Crippen LogP contribution in [0.25, 0.3) is 0 Å². The molecule has 1 aliphatic rings. The average Bonchev–Trinajstić information content (AvgIpc) is 2.31. The van der Waals surface area contributed by atoms with Crippen molar-refractivity contribution < 1.29 is 0 Å². The van der Waals surface area contributed by atoms with Crippen LogP contribution in [0.4, 0.5) is 0 Å². The SMILES string of the molecule is CCCCN1CCN=C1N. The molecule has 0 saturated carbocycles. The van der Waals surface area contributed by atoms with Crippen molar-refractivity contribution in [1.82, 2.24) is 4.90 Å². The van der Waals surface area contributed by atoms with Gasteiger partial charge in [0.15, 0.2) is 5.96 Å². The van der Waals surface area contributed by atoms with E-state index in [1.54, 1.807) is 0 Å². The fraction of sp³-hybridized carbons (Fsp3) is 0.857. The van der Waals surface area contributed by atoms with E-state index >= 15 is 0 Å². The van der Waals surface area contributed by atoms with E-state index in [1.165, 1.54) is 12.8 Å². The lowest BCUT2D eigenvalue weighted by Gasteiger charge is -2.15. The molecule has 0 radical (unpaired) electrons. The lowest BCUT2D eigenvalue weighted by Crippen LogP contribution is -2.34. The fourth-order valence-electron chi connectivity index (χ4n) is 1.08. The molecule has 0 aromatic carbocycles. The minimum absolute atomic E-state index is 0.730. The molecule has 10 heavy (non-hydrogen) atoms. The molecule has 3 heteroatoms. The summed E-state index contributed by atoms with van der Waals surface area (Å²) in [6.45, 7) is 5.16. The van der Waals surface area contributed by atoms with Gasteiger partial charge in [0.25, 0.3) is 0 Å². The lowest BCUT2D eigenvalue weighted by molar-refractivity contribution is 0.439. The maximum atomic E-state index is 5.60. The van der Waals surface area contributed by atoms with Gasteiger partial charge in [-0.15, -0.1) is 0 Å². The number of hydrogen-bond donors (Lipinski definition) is 1. The summed E-state index contributed by atoms with van der Waals surface area (Å²) in [6, 6.07) is 0. The largest absolute Gasteiger partial charge is 0.370 e. The summed E-state index contributed by atoms with van der Waals surface area (Å²) in [5.41, 5.74) is 5.60. The molecule has 1 heterocycles. The van der Waals surface area contributed by atoms with E-state index in [0.29, 0.717) is 0 Å². The minimum atomic E-state index is 0.730. The predicted octanol–water partition coefficient (Wildman–Crippen LogP) is 0.417. The highest BCUT2D eigenvalue weighted by Crippen LogP contribution is 1.99. The maximum Gasteiger partial charge on any atom is 0.191 e. The topological polar surface area (TPSA) is 41.6 Å². The molecule has 0 aliphatic carbocycles. The molecule has 0 spiro atoms. The van der Waals surface area contributed by atoms with Crippen LogP contribution < -0.4 is 5.73 Å². The normalized spacial score (nSPS) is 17.7. The molecule has 0 fully saturated rings. The molecule has 0 bridgehead atoms. The van der Waals surface area contributed by atoms with E-state index in [-0.39, 0.29) is 0 Å². The van der Waals surface area contributed by atoms with Gasteiger partial charge in [0.2, 0.25) is 0 Å². The summed E-state index contributed by atoms with van der Waals surface area (Å²) in [5.74, 6) is 0.730. The molecule has 3 nitrogen and oxygen atoms in total. The van der Waals surface area contributed by atoms with Crippen molar-refractivity contribution in [3.63, 3.8) is 0 Å². The third-order valence-electron chi connectivity index (χ3n) is 1.75. The Labute approximate surface area is 61.9 Å². The number of rotatable bonds is 3. The third-order valence-corrected chi connectivity index (χ3v) is 1.75. The van der Waals surface area contributed by atoms with Crippen LogP contribution in [-0.2, 0) is 0 Å². The van der Waals surface area contributed by atoms with Crippen LogP contribution in [0.5, 0.6) is 0 Å². The Kier molecular flexibility index (Phi) is 2.54. The van der Waals surface area contributed by atoms with Gasteiger partial charge in [-0.05, 0) is 6.42 Å². The first kappa shape index (κ1) is 7.38. The first-order valence-corrected chi connectivity index (χ1v) is 3.89. The number of hydrogen-bond acceptors (Lipinski definition) is 3. The number of nitrogens with two attached hydrogens (primary N) is 1. The zero-order valence-corrected chi connectivity index (χ0v) is 6.51. The molecule has 0 saturated heterocycles. The summed E-state index contributed by atoms with van der Waals surface area (Å²) >= 11 is 0. The number of guanidine groups is 1. The first-order chi connectivity index (χ1) is 4.84. The Morgan fingerprint density at radius 1 is 1.70 bits per heavy atom. The maximum absolute atomic E-state index is 5.60. The second-order valence-electron chi connectivity index (χ2n) is 2.58. The average molecular weight is 141 g/mol. The number of unbranched alkanes of at least 4 members (excludes halogenated alkanes) is 1. The molecular weight excluding hydrogens is 126 g/mol. The Bertz CT molecular complexity index is 131.